The van der Waals surface area contributed by atoms with E-state index in [2.05, 4.69) is 17.2 Å². The molecule has 1 atom stereocenters. The van der Waals surface area contributed by atoms with Crippen molar-refractivity contribution in [2.45, 2.75) is 52.0 Å². The lowest BCUT2D eigenvalue weighted by atomic mass is 9.85. The molecule has 0 radical (unpaired) electrons. The maximum absolute atomic E-state index is 8.42. The predicted octanol–water partition coefficient (Wildman–Crippen LogP) is 2.69. The van der Waals surface area contributed by atoms with E-state index in [-0.39, 0.29) is 1.43 Å². The number of nitrogens with one attached hydrogen (secondary N) is 1. The van der Waals surface area contributed by atoms with Crippen molar-refractivity contribution in [3.63, 3.8) is 0 Å². The van der Waals surface area contributed by atoms with Gasteiger partial charge in [-0.05, 0) is 32.6 Å². The average Bonchev–Trinajstić information content (AvgIpc) is 2.19. The zero-order chi connectivity index (χ0) is 10.4. The fourth-order valence-electron chi connectivity index (χ4n) is 2.14. The summed E-state index contributed by atoms with van der Waals surface area (Å²) in [5.74, 6) is 1.46. The van der Waals surface area contributed by atoms with Gasteiger partial charge in [0.1, 0.15) is 5.84 Å². The van der Waals surface area contributed by atoms with Crippen LogP contribution in [0.2, 0.25) is 0 Å². The summed E-state index contributed by atoms with van der Waals surface area (Å²) in [6.07, 6.45) is 8.55. The second-order valence-electron chi connectivity index (χ2n) is 4.09. The Kier molecular flexibility index (Phi) is 4.45. The third-order valence-corrected chi connectivity index (χ3v) is 2.97. The molecule has 3 heteroatoms. The van der Waals surface area contributed by atoms with Crippen LogP contribution in [-0.2, 0) is 0 Å². The van der Waals surface area contributed by atoms with Crippen molar-refractivity contribution in [2.75, 3.05) is 0 Å². The minimum atomic E-state index is 0. The fraction of sp³-hybridized carbons (Fsp3) is 0.818. The molecule has 80 valence electrons. The van der Waals surface area contributed by atoms with E-state index in [0.29, 0.717) is 6.04 Å². The van der Waals surface area contributed by atoms with Crippen LogP contribution in [0.5, 0.6) is 0 Å². The third-order valence-electron chi connectivity index (χ3n) is 2.97. The normalized spacial score (nSPS) is 21.4. The highest BCUT2D eigenvalue weighted by Gasteiger charge is 2.19. The maximum atomic E-state index is 8.42. The largest absolute Gasteiger partial charge is 0.281 e. The highest BCUT2D eigenvalue weighted by Crippen LogP contribution is 2.27. The minimum absolute atomic E-state index is 0. The second-order valence-corrected chi connectivity index (χ2v) is 4.09. The molecule has 0 aromatic heterocycles. The quantitative estimate of drug-likeness (QED) is 0.319. The van der Waals surface area contributed by atoms with Gasteiger partial charge in [0, 0.05) is 1.43 Å². The molecule has 1 aliphatic carbocycles. The van der Waals surface area contributed by atoms with E-state index in [4.69, 9.17) is 5.26 Å². The second kappa shape index (κ2) is 5.64. The van der Waals surface area contributed by atoms with Gasteiger partial charge in [0.15, 0.2) is 6.19 Å². The molecular formula is C11H21N3. The molecule has 1 saturated carbocycles. The van der Waals surface area contributed by atoms with E-state index in [1.807, 2.05) is 13.1 Å². The number of nitriles is 1. The molecule has 0 aromatic carbocycles. The summed E-state index contributed by atoms with van der Waals surface area (Å²) in [6, 6.07) is 0.358. The first-order valence-electron chi connectivity index (χ1n) is 5.43. The van der Waals surface area contributed by atoms with Crippen LogP contribution in [-0.4, -0.2) is 11.9 Å². The number of hydrogen-bond donors (Lipinski definition) is 1. The number of aliphatic imine (C=N–C) groups is 1. The lowest BCUT2D eigenvalue weighted by Gasteiger charge is -2.25. The summed E-state index contributed by atoms with van der Waals surface area (Å²) in [6.45, 7) is 4.00. The molecule has 1 unspecified atom stereocenters. The summed E-state index contributed by atoms with van der Waals surface area (Å²) in [4.78, 5) is 4.47. The van der Waals surface area contributed by atoms with Crippen molar-refractivity contribution in [2.24, 2.45) is 10.9 Å². The zero-order valence-corrected chi connectivity index (χ0v) is 9.08. The number of amidine groups is 1. The van der Waals surface area contributed by atoms with Crippen molar-refractivity contribution < 1.29 is 1.43 Å². The van der Waals surface area contributed by atoms with Crippen LogP contribution >= 0.6 is 0 Å². The van der Waals surface area contributed by atoms with Gasteiger partial charge in [0.25, 0.3) is 0 Å². The van der Waals surface area contributed by atoms with Crippen molar-refractivity contribution in [3.8, 4) is 6.19 Å². The van der Waals surface area contributed by atoms with Crippen LogP contribution in [0.3, 0.4) is 0 Å². The van der Waals surface area contributed by atoms with Gasteiger partial charge in [0.05, 0.1) is 6.04 Å². The first-order valence-corrected chi connectivity index (χ1v) is 5.43. The van der Waals surface area contributed by atoms with E-state index >= 15 is 0 Å². The van der Waals surface area contributed by atoms with Gasteiger partial charge in [-0.1, -0.05) is 19.3 Å². The maximum Gasteiger partial charge on any atom is 0.182 e. The first kappa shape index (κ1) is 11.0. The molecular weight excluding hydrogens is 174 g/mol. The number of nitrogens with zero attached hydrogens (tertiary/aromatic N) is 2. The number of hydrogen-bond acceptors (Lipinski definition) is 2. The Labute approximate surface area is 87.7 Å². The van der Waals surface area contributed by atoms with Crippen LogP contribution in [0.25, 0.3) is 0 Å². The molecule has 0 amide bonds. The highest BCUT2D eigenvalue weighted by molar-refractivity contribution is 5.80. The Balaban J connectivity index is 0.00000196. The predicted molar refractivity (Wildman–Crippen MR) is 60.0 cm³/mol. The Hall–Kier alpha value is -1.04. The van der Waals surface area contributed by atoms with Crippen LogP contribution in [0.15, 0.2) is 4.99 Å². The molecule has 1 fully saturated rings. The smallest absolute Gasteiger partial charge is 0.182 e. The summed E-state index contributed by atoms with van der Waals surface area (Å²) in [5.41, 5.74) is 0. The molecule has 0 aliphatic heterocycles. The topological polar surface area (TPSA) is 48.2 Å². The van der Waals surface area contributed by atoms with Gasteiger partial charge in [0.2, 0.25) is 0 Å². The van der Waals surface area contributed by atoms with Gasteiger partial charge in [-0.2, -0.15) is 5.26 Å². The van der Waals surface area contributed by atoms with Gasteiger partial charge >= 0.3 is 0 Å². The van der Waals surface area contributed by atoms with Crippen molar-refractivity contribution in [1.29, 1.82) is 5.26 Å². The van der Waals surface area contributed by atoms with Crippen LogP contribution < -0.4 is 5.32 Å². The molecule has 0 saturated heterocycles. The van der Waals surface area contributed by atoms with E-state index < -0.39 is 0 Å². The lowest BCUT2D eigenvalue weighted by molar-refractivity contribution is 0.317. The van der Waals surface area contributed by atoms with Crippen molar-refractivity contribution >= 4 is 5.84 Å². The summed E-state index contributed by atoms with van der Waals surface area (Å²) in [5, 5.41) is 11.0. The van der Waals surface area contributed by atoms with Crippen LogP contribution in [0.4, 0.5) is 0 Å². The molecule has 14 heavy (non-hydrogen) atoms. The minimum Gasteiger partial charge on any atom is -0.281 e. The molecule has 1 aliphatic rings. The first-order chi connectivity index (χ1) is 6.74. The van der Waals surface area contributed by atoms with Crippen molar-refractivity contribution in [3.05, 3.63) is 0 Å². The Bertz CT molecular complexity index is 239. The zero-order valence-electron chi connectivity index (χ0n) is 9.08. The summed E-state index contributed by atoms with van der Waals surface area (Å²) >= 11 is 0. The van der Waals surface area contributed by atoms with E-state index in [9.17, 15) is 0 Å². The molecule has 0 bridgehead atoms. The van der Waals surface area contributed by atoms with Gasteiger partial charge in [-0.25, -0.2) is 0 Å². The Morgan fingerprint density at radius 3 is 2.71 bits per heavy atom. The summed E-state index contributed by atoms with van der Waals surface area (Å²) < 4.78 is 0. The molecule has 0 heterocycles. The SMILES string of the molecule is CC(=NC(C)C1CCCCC1)NC#N.[HH]. The lowest BCUT2D eigenvalue weighted by Crippen LogP contribution is -2.23. The molecule has 1 N–H and O–H groups in total. The van der Waals surface area contributed by atoms with Crippen LogP contribution in [0, 0.1) is 17.4 Å². The standard InChI is InChI=1S/C11H19N3.H2/c1-9(14-10(2)13-8-12)11-6-4-3-5-7-11;/h9,11H,3-7H2,1-2H3,(H,13,14);1H. The van der Waals surface area contributed by atoms with E-state index in [0.717, 1.165) is 11.8 Å². The van der Waals surface area contributed by atoms with Gasteiger partial charge in [-0.15, -0.1) is 0 Å². The highest BCUT2D eigenvalue weighted by atomic mass is 15.0. The fourth-order valence-corrected chi connectivity index (χ4v) is 2.14. The van der Waals surface area contributed by atoms with Gasteiger partial charge in [-0.3, -0.25) is 10.3 Å². The molecule has 3 nitrogen and oxygen atoms in total. The average molecular weight is 195 g/mol. The molecule has 1 rings (SSSR count). The Morgan fingerprint density at radius 1 is 1.50 bits per heavy atom. The molecule has 0 spiro atoms. The number of rotatable bonds is 2. The monoisotopic (exact) mass is 195 g/mol. The van der Waals surface area contributed by atoms with Gasteiger partial charge < -0.3 is 0 Å². The summed E-state index contributed by atoms with van der Waals surface area (Å²) in [7, 11) is 0. The molecule has 0 aromatic rings. The van der Waals surface area contributed by atoms with Crippen LogP contribution in [0.1, 0.15) is 47.4 Å². The van der Waals surface area contributed by atoms with Crippen molar-refractivity contribution in [1.82, 2.24) is 5.32 Å². The third kappa shape index (κ3) is 3.37. The Morgan fingerprint density at radius 2 is 2.14 bits per heavy atom. The van der Waals surface area contributed by atoms with E-state index in [1.165, 1.54) is 32.1 Å². The van der Waals surface area contributed by atoms with E-state index in [1.54, 1.807) is 0 Å².